The van der Waals surface area contributed by atoms with Gasteiger partial charge in [0.15, 0.2) is 0 Å². The van der Waals surface area contributed by atoms with Crippen molar-refractivity contribution >= 4 is 27.5 Å². The van der Waals surface area contributed by atoms with Crippen molar-refractivity contribution in [3.63, 3.8) is 0 Å². The minimum absolute atomic E-state index is 0.0187. The Morgan fingerprint density at radius 1 is 1.06 bits per heavy atom. The zero-order valence-corrected chi connectivity index (χ0v) is 20.6. The zero-order valence-electron chi connectivity index (χ0n) is 19.8. The van der Waals surface area contributed by atoms with E-state index in [0.29, 0.717) is 24.2 Å². The monoisotopic (exact) mass is 488 g/mol. The van der Waals surface area contributed by atoms with Crippen LogP contribution in [0.1, 0.15) is 41.5 Å². The van der Waals surface area contributed by atoms with E-state index >= 15 is 0 Å². The Bertz CT molecular complexity index is 1210. The molecule has 0 N–H and O–H groups in total. The van der Waals surface area contributed by atoms with Gasteiger partial charge in [0.05, 0.1) is 23.1 Å². The van der Waals surface area contributed by atoms with E-state index < -0.39 is 33.7 Å². The summed E-state index contributed by atoms with van der Waals surface area (Å²) in [7, 11) is -4.15. The molecule has 2 saturated heterocycles. The Labute approximate surface area is 199 Å². The van der Waals surface area contributed by atoms with E-state index in [0.717, 1.165) is 38.9 Å². The minimum atomic E-state index is -4.15. The summed E-state index contributed by atoms with van der Waals surface area (Å²) in [5, 5.41) is 0. The third-order valence-electron chi connectivity index (χ3n) is 6.83. The molecule has 182 valence electrons. The van der Waals surface area contributed by atoms with Crippen molar-refractivity contribution in [2.75, 3.05) is 18.1 Å². The van der Waals surface area contributed by atoms with E-state index in [2.05, 4.69) is 0 Å². The third-order valence-corrected chi connectivity index (χ3v) is 8.98. The summed E-state index contributed by atoms with van der Waals surface area (Å²) in [4.78, 5) is 27.5. The number of halogens is 1. The van der Waals surface area contributed by atoms with E-state index in [4.69, 9.17) is 4.74 Å². The Balaban J connectivity index is 1.79. The average Bonchev–Trinajstić information content (AvgIpc) is 3.39. The lowest BCUT2D eigenvalue weighted by atomic mass is 10.0. The molecule has 2 aliphatic heterocycles. The molecule has 9 heteroatoms. The van der Waals surface area contributed by atoms with Crippen molar-refractivity contribution < 1.29 is 27.1 Å². The lowest BCUT2D eigenvalue weighted by molar-refractivity contribution is -0.122. The van der Waals surface area contributed by atoms with Crippen LogP contribution in [-0.2, 0) is 24.3 Å². The van der Waals surface area contributed by atoms with E-state index in [9.17, 15) is 22.4 Å². The molecule has 2 aromatic rings. The molecule has 2 unspecified atom stereocenters. The van der Waals surface area contributed by atoms with Gasteiger partial charge in [0.25, 0.3) is 5.91 Å². The number of sulfonamides is 1. The molecule has 2 aromatic carbocycles. The maximum Gasteiger partial charge on any atom is 0.252 e. The van der Waals surface area contributed by atoms with Gasteiger partial charge in [-0.05, 0) is 87.1 Å². The summed E-state index contributed by atoms with van der Waals surface area (Å²) >= 11 is 0. The van der Waals surface area contributed by atoms with Crippen LogP contribution >= 0.6 is 0 Å². The number of hydrogen-bond donors (Lipinski definition) is 0. The van der Waals surface area contributed by atoms with Crippen molar-refractivity contribution in [3.8, 4) is 0 Å². The summed E-state index contributed by atoms with van der Waals surface area (Å²) in [5.74, 6) is -1.66. The van der Waals surface area contributed by atoms with Gasteiger partial charge < -0.3 is 4.74 Å². The van der Waals surface area contributed by atoms with Crippen LogP contribution in [0.5, 0.6) is 0 Å². The number of benzene rings is 2. The summed E-state index contributed by atoms with van der Waals surface area (Å²) in [6.07, 6.45) is 0.835. The van der Waals surface area contributed by atoms with E-state index in [1.165, 1.54) is 12.1 Å². The molecule has 0 bridgehead atoms. The van der Waals surface area contributed by atoms with Crippen LogP contribution in [0.25, 0.3) is 0 Å². The molecule has 34 heavy (non-hydrogen) atoms. The van der Waals surface area contributed by atoms with Gasteiger partial charge >= 0.3 is 0 Å². The van der Waals surface area contributed by atoms with E-state index in [-0.39, 0.29) is 29.7 Å². The number of hydrogen-bond acceptors (Lipinski definition) is 5. The van der Waals surface area contributed by atoms with Crippen molar-refractivity contribution in [3.05, 3.63) is 58.4 Å². The molecule has 2 fully saturated rings. The molecule has 2 aliphatic rings. The first kappa shape index (κ1) is 24.5. The number of imide groups is 1. The van der Waals surface area contributed by atoms with Crippen LogP contribution < -0.4 is 4.90 Å². The molecule has 0 saturated carbocycles. The SMILES string of the molecule is Cc1cc(C)c(C)c(S(=O)(=O)N(CC2CCCO2)C2CC(=O)N(c3ccc(F)cc3)C2=O)c1C. The molecule has 7 nitrogen and oxygen atoms in total. The molecule has 4 rings (SSSR count). The third kappa shape index (κ3) is 4.28. The van der Waals surface area contributed by atoms with E-state index in [1.54, 1.807) is 13.8 Å². The first-order valence-electron chi connectivity index (χ1n) is 11.4. The highest BCUT2D eigenvalue weighted by atomic mass is 32.2. The lowest BCUT2D eigenvalue weighted by Crippen LogP contribution is -2.48. The average molecular weight is 489 g/mol. The number of nitrogens with zero attached hydrogens (tertiary/aromatic N) is 2. The molecule has 0 spiro atoms. The molecule has 2 atom stereocenters. The highest BCUT2D eigenvalue weighted by molar-refractivity contribution is 7.89. The molecule has 0 radical (unpaired) electrons. The van der Waals surface area contributed by atoms with Gasteiger partial charge in [-0.25, -0.2) is 17.7 Å². The fourth-order valence-electron chi connectivity index (χ4n) is 4.77. The Hall–Kier alpha value is -2.62. The topological polar surface area (TPSA) is 84.0 Å². The summed E-state index contributed by atoms with van der Waals surface area (Å²) < 4.78 is 48.5. The maximum absolute atomic E-state index is 14.1. The molecule has 2 amide bonds. The van der Waals surface area contributed by atoms with E-state index in [1.807, 2.05) is 19.9 Å². The van der Waals surface area contributed by atoms with Crippen molar-refractivity contribution in [2.45, 2.75) is 64.0 Å². The predicted octanol–water partition coefficient (Wildman–Crippen LogP) is 3.56. The number of rotatable bonds is 6. The van der Waals surface area contributed by atoms with Crippen LogP contribution in [0.3, 0.4) is 0 Å². The number of aryl methyl sites for hydroxylation is 2. The van der Waals surface area contributed by atoms with Crippen molar-refractivity contribution in [2.24, 2.45) is 0 Å². The van der Waals surface area contributed by atoms with Gasteiger partial charge in [0.1, 0.15) is 11.9 Å². The Morgan fingerprint density at radius 2 is 1.68 bits per heavy atom. The summed E-state index contributed by atoms with van der Waals surface area (Å²) in [5.41, 5.74) is 3.12. The smallest absolute Gasteiger partial charge is 0.252 e. The largest absolute Gasteiger partial charge is 0.377 e. The van der Waals surface area contributed by atoms with Crippen LogP contribution in [0.4, 0.5) is 10.1 Å². The van der Waals surface area contributed by atoms with Crippen LogP contribution in [0, 0.1) is 33.5 Å². The lowest BCUT2D eigenvalue weighted by Gasteiger charge is -2.30. The Kier molecular flexibility index (Phi) is 6.63. The minimum Gasteiger partial charge on any atom is -0.377 e. The second-order valence-electron chi connectivity index (χ2n) is 9.06. The highest BCUT2D eigenvalue weighted by Crippen LogP contribution is 2.34. The molecule has 2 heterocycles. The zero-order chi connectivity index (χ0) is 24.8. The van der Waals surface area contributed by atoms with Crippen molar-refractivity contribution in [1.29, 1.82) is 0 Å². The molecular weight excluding hydrogens is 459 g/mol. The highest BCUT2D eigenvalue weighted by Gasteiger charge is 2.48. The fraction of sp³-hybridized carbons (Fsp3) is 0.440. The molecule has 0 aromatic heterocycles. The van der Waals surface area contributed by atoms with Gasteiger partial charge in [-0.15, -0.1) is 0 Å². The van der Waals surface area contributed by atoms with Gasteiger partial charge in [-0.2, -0.15) is 4.31 Å². The van der Waals surface area contributed by atoms with Crippen LogP contribution in [0.15, 0.2) is 35.2 Å². The maximum atomic E-state index is 14.1. The second kappa shape index (κ2) is 9.20. The van der Waals surface area contributed by atoms with Crippen molar-refractivity contribution in [1.82, 2.24) is 4.31 Å². The number of anilines is 1. The number of amides is 2. The van der Waals surface area contributed by atoms with Crippen LogP contribution in [0.2, 0.25) is 0 Å². The standard InChI is InChI=1S/C25H29FN2O5S/c1-15-12-16(2)18(4)24(17(15)3)34(31,32)27(14-21-6-5-11-33-21)22-13-23(29)28(25(22)30)20-9-7-19(26)8-10-20/h7-10,12,21-22H,5-6,11,13-14H2,1-4H3. The normalized spacial score (nSPS) is 21.2. The summed E-state index contributed by atoms with van der Waals surface area (Å²) in [6.45, 7) is 7.72. The number of carbonyl (C=O) groups excluding carboxylic acids is 2. The number of carbonyl (C=O) groups is 2. The quantitative estimate of drug-likeness (QED) is 0.581. The summed E-state index contributed by atoms with van der Waals surface area (Å²) in [6, 6.07) is 5.73. The molecular formula is C25H29FN2O5S. The first-order valence-corrected chi connectivity index (χ1v) is 12.8. The fourth-order valence-corrected chi connectivity index (χ4v) is 6.96. The Morgan fingerprint density at radius 3 is 2.24 bits per heavy atom. The van der Waals surface area contributed by atoms with Gasteiger partial charge in [0, 0.05) is 13.2 Å². The predicted molar refractivity (Wildman–Crippen MR) is 126 cm³/mol. The second-order valence-corrected chi connectivity index (χ2v) is 10.9. The molecule has 0 aliphatic carbocycles. The number of ether oxygens (including phenoxy) is 1. The van der Waals surface area contributed by atoms with Gasteiger partial charge in [-0.3, -0.25) is 9.59 Å². The first-order chi connectivity index (χ1) is 16.0. The van der Waals surface area contributed by atoms with Gasteiger partial charge in [0.2, 0.25) is 15.9 Å². The van der Waals surface area contributed by atoms with Crippen LogP contribution in [-0.4, -0.2) is 49.8 Å². The van der Waals surface area contributed by atoms with Gasteiger partial charge in [-0.1, -0.05) is 6.07 Å².